The van der Waals surface area contributed by atoms with Crippen LogP contribution in [-0.4, -0.2) is 114 Å². The zero-order valence-electron chi connectivity index (χ0n) is 52.0. The molecule has 0 spiro atoms. The molecule has 0 aliphatic carbocycles. The van der Waals surface area contributed by atoms with Gasteiger partial charge in [-0.05, 0) is 174 Å². The number of aliphatic hydroxyl groups is 2. The number of nitrogens with zero attached hydrogens (tertiary/aromatic N) is 12. The first kappa shape index (κ1) is 122. The number of halogens is 6. The maximum Gasteiger partial charge on any atom is 1.00 e. The minimum atomic E-state index is -1.67. The number of aromatic carboxylic acids is 1. The van der Waals surface area contributed by atoms with Gasteiger partial charge in [0.05, 0.1) is 65.6 Å². The van der Waals surface area contributed by atoms with Crippen LogP contribution in [0.25, 0.3) is 34.2 Å². The molecule has 22 nitrogen and oxygen atoms in total. The standard InChI is InChI=1S/C14H17N3OS.C12H14ClN3.C12H15N3O.C7H6BrNO2.C6H4BrNO2.C6H6BrNO.C2H4OS.9CH4.Cl2OS.2K.H2O/c1-10(2)17-13(6-8-16-17)14-12(5-4-7-15-14)9-19-11(3)18;1-9(2)16-11(5-7-15-16)12-10(8-13)4-3-6-14-12;1-9(2)15-11(5-7-14-15)12-10(8-16)4-3-6-13-12;1-11-7(10)5-3-2-4-9-6(5)8;7-5-4(6(9)10)2-1-3-8-5;7-6-5(4-9)2-1-3-8-6;1-2(3)4;;;;;;;;;;1-4(2)3;;;/h4-8,10H,9H2,1-3H3;3-7,9H,8H2,1-2H3;3-7,9,16H,8H2,1-2H3;2-4H,1H3;1-3H,(H,9,10);1-3,9H,4H2;1H3,(H,3,4);9*1H4;;;;1H2/q;;;;;;;;;;;;;;;;;2*+1;/p-2. The predicted octanol–water partition coefficient (Wildman–Crippen LogP) is 13.8. The second-order valence-electron chi connectivity index (χ2n) is 18.1. The molecule has 9 heterocycles. The number of thioether (sulfide) groups is 1. The molecule has 101 heavy (non-hydrogen) atoms. The van der Waals surface area contributed by atoms with Crippen LogP contribution in [-0.2, 0) is 61.0 Å². The maximum atomic E-state index is 11.1. The summed E-state index contributed by atoms with van der Waals surface area (Å²) >= 11 is 20.5. The summed E-state index contributed by atoms with van der Waals surface area (Å²) in [6.45, 7) is 15.5. The van der Waals surface area contributed by atoms with E-state index >= 15 is 0 Å². The normalized spacial score (nSPS) is 8.92. The molecule has 0 saturated heterocycles. The summed E-state index contributed by atoms with van der Waals surface area (Å²) in [6, 6.07) is 28.2. The number of aromatic nitrogens is 12. The molecule has 9 aromatic heterocycles. The molecule has 0 fully saturated rings. The molecular weight excluding hydrogens is 1670 g/mol. The first-order valence-corrected chi connectivity index (χ1v) is 33.3. The van der Waals surface area contributed by atoms with Gasteiger partial charge in [-0.15, -0.1) is 11.6 Å². The van der Waals surface area contributed by atoms with Crippen LogP contribution in [0.3, 0.4) is 0 Å². The van der Waals surface area contributed by atoms with Crippen molar-refractivity contribution in [3.05, 3.63) is 194 Å². The molecule has 0 radical (unpaired) electrons. The Balaban J connectivity index is -0.000000104. The van der Waals surface area contributed by atoms with E-state index < -0.39 is 15.2 Å². The summed E-state index contributed by atoms with van der Waals surface area (Å²) < 4.78 is 21.0. The van der Waals surface area contributed by atoms with Crippen LogP contribution in [0.4, 0.5) is 0 Å². The SMILES string of the molecule is C.C.C.C.C.C.C.C.C.CC(=O)SCc1cccnc1-c1ccnn1C(C)C.CC(=O)[S-].CC(C)n1nccc1-c1ncccc1CCl.CC(C)n1nccc1-c1ncccc1CO.COC(=O)c1cccnc1Br.O=C(O)c1cccnc1Br.O=S(Cl)Cl.OCc1cccnc1Br.[K+].[K+].[OH-]. The van der Waals surface area contributed by atoms with Gasteiger partial charge in [0, 0.05) is 130 Å². The van der Waals surface area contributed by atoms with Gasteiger partial charge in [0.2, 0.25) is 9.23 Å². The summed E-state index contributed by atoms with van der Waals surface area (Å²) in [5, 5.41) is 39.2. The zero-order valence-corrected chi connectivity index (χ0v) is 67.7. The van der Waals surface area contributed by atoms with Crippen molar-refractivity contribution in [2.24, 2.45) is 0 Å². The third-order valence-corrected chi connectivity index (χ3v) is 13.9. The summed E-state index contributed by atoms with van der Waals surface area (Å²) in [5.41, 5.74) is 9.94. The topological polar surface area (TPSA) is 316 Å². The Morgan fingerprint density at radius 3 is 1.08 bits per heavy atom. The fourth-order valence-electron chi connectivity index (χ4n) is 7.01. The van der Waals surface area contributed by atoms with Crippen molar-refractivity contribution in [1.82, 2.24) is 59.2 Å². The van der Waals surface area contributed by atoms with E-state index in [2.05, 4.69) is 173 Å². The Morgan fingerprint density at radius 1 is 0.515 bits per heavy atom. The van der Waals surface area contributed by atoms with Gasteiger partial charge >= 0.3 is 115 Å². The number of rotatable bonds is 13. The maximum absolute atomic E-state index is 11.1. The number of methoxy groups -OCH3 is 1. The summed E-state index contributed by atoms with van der Waals surface area (Å²) in [7, 11) is 8.69. The first-order valence-electron chi connectivity index (χ1n) is 26.2. The number of alkyl halides is 1. The van der Waals surface area contributed by atoms with Crippen molar-refractivity contribution in [3.63, 3.8) is 0 Å². The van der Waals surface area contributed by atoms with Gasteiger partial charge < -0.3 is 43.0 Å². The second kappa shape index (κ2) is 68.8. The molecule has 0 amide bonds. The number of carbonyl (C=O) groups excluding carboxylic acids is 3. The van der Waals surface area contributed by atoms with Crippen LogP contribution in [0, 0.1) is 0 Å². The molecule has 9 aromatic rings. The largest absolute Gasteiger partial charge is 1.00 e. The third-order valence-electron chi connectivity index (χ3n) is 10.8. The monoisotopic (exact) mass is 1760 g/mol. The number of carbonyl (C=O) groups is 4. The second-order valence-corrected chi connectivity index (χ2v) is 24.9. The minimum absolute atomic E-state index is 0. The number of carboxylic acid groups (broad SMARTS) is 1. The Bertz CT molecular complexity index is 3550. The first-order chi connectivity index (χ1) is 42.3. The number of esters is 1. The Labute approximate surface area is 737 Å². The number of carboxylic acids is 1. The van der Waals surface area contributed by atoms with E-state index in [0.29, 0.717) is 37.0 Å². The van der Waals surface area contributed by atoms with Gasteiger partial charge in [0.15, 0.2) is 5.12 Å². The molecule has 9 rings (SSSR count). The van der Waals surface area contributed by atoms with Crippen LogP contribution in [0.1, 0.15) is 183 Å². The Hall–Kier alpha value is -3.01. The summed E-state index contributed by atoms with van der Waals surface area (Å²) in [5.74, 6) is -0.251. The smallest absolute Gasteiger partial charge is 0.870 e. The van der Waals surface area contributed by atoms with E-state index in [1.54, 1.807) is 80.8 Å². The summed E-state index contributed by atoms with van der Waals surface area (Å²) in [6.07, 6.45) is 15.4. The van der Waals surface area contributed by atoms with E-state index in [0.717, 1.165) is 56.4 Å². The van der Waals surface area contributed by atoms with Gasteiger partial charge in [0.1, 0.15) is 13.8 Å². The van der Waals surface area contributed by atoms with E-state index in [1.165, 1.54) is 38.1 Å². The fourth-order valence-corrected chi connectivity index (χ4v) is 9.03. The van der Waals surface area contributed by atoms with Crippen LogP contribution in [0.2, 0.25) is 0 Å². The van der Waals surface area contributed by atoms with Crippen LogP contribution < -0.4 is 103 Å². The Morgan fingerprint density at radius 2 is 0.802 bits per heavy atom. The van der Waals surface area contributed by atoms with Crippen molar-refractivity contribution in [1.29, 1.82) is 0 Å². The minimum Gasteiger partial charge on any atom is -0.870 e. The number of pyridine rings is 6. The van der Waals surface area contributed by atoms with Crippen molar-refractivity contribution >= 4 is 137 Å². The molecule has 0 aliphatic heterocycles. The molecule has 0 saturated carbocycles. The van der Waals surface area contributed by atoms with Gasteiger partial charge in [-0.25, -0.2) is 28.7 Å². The van der Waals surface area contributed by atoms with Crippen LogP contribution in [0.5, 0.6) is 0 Å². The van der Waals surface area contributed by atoms with Crippen LogP contribution in [0.15, 0.2) is 161 Å². The predicted molar refractivity (Wildman–Crippen MR) is 425 cm³/mol. The summed E-state index contributed by atoms with van der Waals surface area (Å²) in [4.78, 5) is 66.3. The molecule has 0 aromatic carbocycles. The van der Waals surface area contributed by atoms with Gasteiger partial charge in [0.25, 0.3) is 0 Å². The molecule has 33 heteroatoms. The van der Waals surface area contributed by atoms with Gasteiger partial charge in [-0.2, -0.15) is 15.3 Å². The van der Waals surface area contributed by atoms with Crippen molar-refractivity contribution in [2.45, 2.75) is 165 Å². The quantitative estimate of drug-likeness (QED) is 0.0241. The van der Waals surface area contributed by atoms with Crippen molar-refractivity contribution < 1.29 is 152 Å². The van der Waals surface area contributed by atoms with E-state index in [9.17, 15) is 24.3 Å². The molecule has 0 atom stereocenters. The van der Waals surface area contributed by atoms with Crippen molar-refractivity contribution in [3.8, 4) is 34.2 Å². The number of ether oxygens (including phenoxy) is 1. The molecular formula is C68H102Br3Cl3K2N12O10S3. The van der Waals surface area contributed by atoms with E-state index in [1.807, 2.05) is 74.7 Å². The average Bonchev–Trinajstić information content (AvgIpc) is 1.74. The fraction of sp³-hybridized carbons (Fsp3) is 0.368. The number of hydrogen-bond donors (Lipinski definition) is 3. The number of hydrogen-bond acceptors (Lipinski definition) is 20. The van der Waals surface area contributed by atoms with Crippen LogP contribution >= 0.6 is 92.5 Å². The van der Waals surface area contributed by atoms with Gasteiger partial charge in [-0.3, -0.25) is 33.8 Å². The molecule has 556 valence electrons. The van der Waals surface area contributed by atoms with Gasteiger partial charge in [-0.1, -0.05) is 103 Å². The molecule has 0 bridgehead atoms. The van der Waals surface area contributed by atoms with E-state index in [-0.39, 0.29) is 222 Å². The Kier molecular flexibility index (Phi) is 83.0. The molecule has 0 aliphatic rings. The number of aliphatic hydroxyl groups excluding tert-OH is 2. The molecule has 0 unspecified atom stereocenters. The van der Waals surface area contributed by atoms with Crippen molar-refractivity contribution in [2.75, 3.05) is 7.11 Å². The average molecular weight is 1770 g/mol. The van der Waals surface area contributed by atoms with E-state index in [4.69, 9.17) is 26.0 Å². The molecule has 4 N–H and O–H groups in total. The third kappa shape index (κ3) is 46.0. The zero-order chi connectivity index (χ0) is 66.6.